The Morgan fingerprint density at radius 2 is 0.306 bits per heavy atom. The van der Waals surface area contributed by atoms with Crippen LogP contribution in [0.1, 0.15) is 0 Å². The van der Waals surface area contributed by atoms with Gasteiger partial charge in [-0.15, -0.1) is 0 Å². The van der Waals surface area contributed by atoms with Gasteiger partial charge in [0.15, 0.2) is 0 Å². The van der Waals surface area contributed by atoms with Gasteiger partial charge in [-0.3, -0.25) is 0 Å². The first-order valence-corrected chi connectivity index (χ1v) is 12.9. The summed E-state index contributed by atoms with van der Waals surface area (Å²) < 4.78 is 0. The Labute approximate surface area is 226 Å². The maximum absolute atomic E-state index is 4.00. The summed E-state index contributed by atoms with van der Waals surface area (Å²) in [5.41, 5.74) is 0. The largest absolute Gasteiger partial charge is 0.377 e. The van der Waals surface area contributed by atoms with E-state index in [1.165, 1.54) is 0 Å². The number of hydrogen-bond donors (Lipinski definition) is 4. The number of hydrogen-bond acceptors (Lipinski definition) is 12. The highest BCUT2D eigenvalue weighted by atomic mass is 15.2. The van der Waals surface area contributed by atoms with Crippen molar-refractivity contribution >= 4 is 55.0 Å². The smallest absolute Gasteiger partial charge is 0.298 e. The van der Waals surface area contributed by atoms with E-state index in [4.69, 9.17) is 0 Å². The van der Waals surface area contributed by atoms with Crippen molar-refractivity contribution in [2.75, 3.05) is 113 Å². The summed E-state index contributed by atoms with van der Waals surface area (Å²) in [5.74, 6) is 0. The molecule has 1 aliphatic heterocycles. The molecule has 0 bridgehead atoms. The van der Waals surface area contributed by atoms with Crippen LogP contribution in [0, 0.1) is 0 Å². The van der Waals surface area contributed by atoms with E-state index >= 15 is 0 Å². The van der Waals surface area contributed by atoms with Crippen molar-refractivity contribution in [1.29, 1.82) is 0 Å². The fraction of sp³-hybridized carbons (Fsp3) is 1.00. The van der Waals surface area contributed by atoms with E-state index in [0.29, 0.717) is 0 Å². The molecule has 0 amide bonds. The molecule has 0 aromatic carbocycles. The highest BCUT2D eigenvalue weighted by molar-refractivity contribution is 7.35. The van der Waals surface area contributed by atoms with Gasteiger partial charge in [-0.1, -0.05) is 0 Å². The summed E-state index contributed by atoms with van der Waals surface area (Å²) in [5, 5.41) is 16.0. The van der Waals surface area contributed by atoms with Crippen molar-refractivity contribution < 1.29 is 0 Å². The predicted octanol–water partition coefficient (Wildman–Crippen LogP) is -4.93. The van der Waals surface area contributed by atoms with Gasteiger partial charge < -0.3 is 59.0 Å². The highest BCUT2D eigenvalue weighted by Crippen LogP contribution is 2.06. The van der Waals surface area contributed by atoms with Gasteiger partial charge >= 0.3 is 0 Å². The Morgan fingerprint density at radius 1 is 0.222 bits per heavy atom. The van der Waals surface area contributed by atoms with Crippen LogP contribution >= 0.6 is 0 Å². The van der Waals surface area contributed by atoms with Crippen LogP contribution in [-0.4, -0.2) is 206 Å². The maximum Gasteiger partial charge on any atom is 0.298 e. The van der Waals surface area contributed by atoms with Gasteiger partial charge in [0.1, 0.15) is 0 Å². The van der Waals surface area contributed by atoms with Gasteiger partial charge in [-0.25, -0.2) is 0 Å². The third-order valence-electron chi connectivity index (χ3n) is 7.01. The van der Waals surface area contributed by atoms with Crippen molar-refractivity contribution in [2.45, 2.75) is 0 Å². The molecule has 20 heteroatoms. The second-order valence-electron chi connectivity index (χ2n) is 11.9. The normalized spacial score (nSPS) is 18.0. The van der Waals surface area contributed by atoms with Crippen LogP contribution in [0.5, 0.6) is 0 Å². The van der Waals surface area contributed by atoms with Crippen LogP contribution < -0.4 is 20.6 Å². The molecule has 0 atom stereocenters. The summed E-state index contributed by atoms with van der Waals surface area (Å²) in [6, 6.07) is 0. The first kappa shape index (κ1) is 34.1. The maximum atomic E-state index is 4.00. The van der Waals surface area contributed by atoms with Gasteiger partial charge in [0.25, 0.3) is 55.0 Å². The lowest BCUT2D eigenvalue weighted by Crippen LogP contribution is -2.86. The van der Waals surface area contributed by atoms with Crippen LogP contribution in [0.3, 0.4) is 0 Å². The molecule has 0 aliphatic carbocycles. The van der Waals surface area contributed by atoms with E-state index in [0.717, 1.165) is 0 Å². The first-order chi connectivity index (χ1) is 16.5. The van der Waals surface area contributed by atoms with Crippen molar-refractivity contribution in [2.24, 2.45) is 0 Å². The fourth-order valence-corrected chi connectivity index (χ4v) is 4.88. The Morgan fingerprint density at radius 3 is 0.361 bits per heavy atom. The predicted molar refractivity (Wildman–Crippen MR) is 168 cm³/mol. The van der Waals surface area contributed by atoms with Gasteiger partial charge in [-0.05, 0) is 113 Å². The SMILES string of the molecule is CN(C)B1NB(N(C)C)B(N(C)C)NB(N(C)C)B(N(C)C)NB(N(C)C)B(N(C)C)NB1N(C)C. The van der Waals surface area contributed by atoms with Gasteiger partial charge in [0, 0.05) is 0 Å². The Hall–Kier alpha value is 0.0395. The fourth-order valence-electron chi connectivity index (χ4n) is 4.88. The topological polar surface area (TPSA) is 74.0 Å². The second-order valence-corrected chi connectivity index (χ2v) is 11.9. The Kier molecular flexibility index (Phi) is 14.2. The van der Waals surface area contributed by atoms with E-state index < -0.39 is 0 Å². The minimum Gasteiger partial charge on any atom is -0.377 e. The average Bonchev–Trinajstić information content (AvgIpc) is 2.71. The number of rotatable bonds is 8. The molecule has 0 radical (unpaired) electrons. The van der Waals surface area contributed by atoms with Gasteiger partial charge in [-0.2, -0.15) is 0 Å². The van der Waals surface area contributed by atoms with Crippen LogP contribution in [0.2, 0.25) is 0 Å². The highest BCUT2D eigenvalue weighted by Gasteiger charge is 2.51. The minimum atomic E-state index is 0.0313. The molecule has 0 aromatic rings. The Balaban J connectivity index is 3.83. The zero-order valence-electron chi connectivity index (χ0n) is 26.2. The minimum absolute atomic E-state index is 0.0313. The van der Waals surface area contributed by atoms with E-state index in [1.54, 1.807) is 0 Å². The third kappa shape index (κ3) is 9.06. The van der Waals surface area contributed by atoms with Crippen LogP contribution in [0.25, 0.3) is 0 Å². The van der Waals surface area contributed by atoms with E-state index in [2.05, 4.69) is 172 Å². The van der Waals surface area contributed by atoms with Crippen LogP contribution in [0.4, 0.5) is 0 Å². The number of nitrogens with one attached hydrogen (secondary N) is 4. The molecule has 0 aromatic heterocycles. The van der Waals surface area contributed by atoms with Crippen molar-refractivity contribution in [1.82, 2.24) is 59.0 Å². The lowest BCUT2D eigenvalue weighted by atomic mass is 9.16. The molecule has 1 saturated heterocycles. The summed E-state index contributed by atoms with van der Waals surface area (Å²) >= 11 is 0. The standard InChI is InChI=1S/C16H52B8N12/c1-29(2)17-18(30(3)4)26-21(33(9)10)22(34(11)12)28-24(36(15)16)23(35(13)14)27-20(32(7)8)19(25-17)31(5)6/h25-28H,1-16H3. The van der Waals surface area contributed by atoms with Crippen LogP contribution in [-0.2, 0) is 0 Å². The first-order valence-electron chi connectivity index (χ1n) is 12.9. The molecule has 1 rings (SSSR count). The van der Waals surface area contributed by atoms with Crippen molar-refractivity contribution in [3.8, 4) is 0 Å². The molecule has 1 heterocycles. The zero-order chi connectivity index (χ0) is 28.1. The molecule has 0 spiro atoms. The molecule has 200 valence electrons. The third-order valence-corrected chi connectivity index (χ3v) is 7.01. The molecule has 1 aliphatic rings. The Bertz CT molecular complexity index is 480. The average molecular weight is 499 g/mol. The van der Waals surface area contributed by atoms with E-state index in [1.807, 2.05) is 0 Å². The molecule has 0 unspecified atom stereocenters. The zero-order valence-corrected chi connectivity index (χ0v) is 26.2. The van der Waals surface area contributed by atoms with Gasteiger partial charge in [0.05, 0.1) is 0 Å². The molecular formula is C16H52B8N12. The van der Waals surface area contributed by atoms with E-state index in [-0.39, 0.29) is 55.0 Å². The summed E-state index contributed by atoms with van der Waals surface area (Å²) in [6.07, 6.45) is 0. The van der Waals surface area contributed by atoms with Crippen molar-refractivity contribution in [3.05, 3.63) is 0 Å². The molecule has 12 nitrogen and oxygen atoms in total. The quantitative estimate of drug-likeness (QED) is 0.242. The summed E-state index contributed by atoms with van der Waals surface area (Å²) in [6.45, 7) is 0.250. The van der Waals surface area contributed by atoms with Gasteiger partial charge in [0.2, 0.25) is 0 Å². The summed E-state index contributed by atoms with van der Waals surface area (Å²) in [4.78, 5) is 18.1. The van der Waals surface area contributed by atoms with Crippen LogP contribution in [0.15, 0.2) is 0 Å². The summed E-state index contributed by atoms with van der Waals surface area (Å²) in [7, 11) is 34.3. The number of nitrogens with zero attached hydrogens (tertiary/aromatic N) is 8. The molecular weight excluding hydrogens is 447 g/mol. The monoisotopic (exact) mass is 501 g/mol. The lowest BCUT2D eigenvalue weighted by Gasteiger charge is -2.45. The molecule has 36 heavy (non-hydrogen) atoms. The van der Waals surface area contributed by atoms with Crippen molar-refractivity contribution in [3.63, 3.8) is 0 Å². The lowest BCUT2D eigenvalue weighted by molar-refractivity contribution is 0.578. The second kappa shape index (κ2) is 15.0. The molecule has 4 N–H and O–H groups in total. The molecule has 1 fully saturated rings. The van der Waals surface area contributed by atoms with E-state index in [9.17, 15) is 0 Å². The molecule has 0 saturated carbocycles.